The van der Waals surface area contributed by atoms with Gasteiger partial charge in [0.05, 0.1) is 34.4 Å². The Bertz CT molecular complexity index is 2060. The zero-order valence-electron chi connectivity index (χ0n) is 70.1. The van der Waals surface area contributed by atoms with Crippen LogP contribution in [-0.2, 0) is 33.3 Å². The molecule has 0 fully saturated rings. The second-order valence-corrected chi connectivity index (χ2v) is 31.9. The first-order chi connectivity index (χ1) is 51.6. The lowest BCUT2D eigenvalue weighted by Gasteiger charge is -2.25. The summed E-state index contributed by atoms with van der Waals surface area (Å²) in [7, 11) is 6.00. The van der Waals surface area contributed by atoms with Crippen molar-refractivity contribution in [3.8, 4) is 0 Å². The summed E-state index contributed by atoms with van der Waals surface area (Å²) < 4.78 is 23.1. The van der Waals surface area contributed by atoms with Gasteiger partial charge in [0.2, 0.25) is 0 Å². The van der Waals surface area contributed by atoms with Gasteiger partial charge in [-0.25, -0.2) is 4.79 Å². The molecule has 0 heterocycles. The van der Waals surface area contributed by atoms with Crippen LogP contribution in [0.2, 0.25) is 0 Å². The maximum absolute atomic E-state index is 13.0. The average molecular weight is 1470 g/mol. The lowest BCUT2D eigenvalue weighted by atomic mass is 10.0. The molecular weight excluding hydrogens is 1300 g/mol. The Morgan fingerprint density at radius 3 is 0.810 bits per heavy atom. The molecule has 0 aliphatic rings. The Labute approximate surface area is 652 Å². The predicted octanol–water partition coefficient (Wildman–Crippen LogP) is 29.8. The molecule has 9 nitrogen and oxygen atoms in total. The molecule has 0 spiro atoms. The number of likely N-dealkylation sites (N-methyl/N-ethyl adjacent to an activating group) is 1. The Morgan fingerprint density at radius 2 is 0.543 bits per heavy atom. The lowest BCUT2D eigenvalue weighted by molar-refractivity contribution is -0.870. The van der Waals surface area contributed by atoms with Crippen LogP contribution < -0.4 is 0 Å². The van der Waals surface area contributed by atoms with Gasteiger partial charge in [0.15, 0.2) is 6.10 Å². The number of unbranched alkanes of at least 4 members (excludes halogenated alkanes) is 54. The second-order valence-electron chi connectivity index (χ2n) is 31.9. The Morgan fingerprint density at radius 1 is 0.295 bits per heavy atom. The molecule has 0 saturated carbocycles. The number of carboxylic acid groups (broad SMARTS) is 1. The minimum Gasteiger partial charge on any atom is -0.477 e. The number of nitrogens with zero attached hydrogens (tertiary/aromatic N) is 1. The molecule has 0 saturated heterocycles. The number of rotatable bonds is 85. The summed E-state index contributed by atoms with van der Waals surface area (Å²) in [5.41, 5.74) is 0. The van der Waals surface area contributed by atoms with E-state index in [2.05, 4.69) is 111 Å². The highest BCUT2D eigenvalue weighted by Crippen LogP contribution is 2.21. The number of quaternary nitrogens is 1. The maximum Gasteiger partial charge on any atom is 0.361 e. The molecule has 610 valence electrons. The summed E-state index contributed by atoms with van der Waals surface area (Å²) in [5.74, 6) is -1.98. The van der Waals surface area contributed by atoms with Crippen molar-refractivity contribution in [2.24, 2.45) is 0 Å². The topological polar surface area (TPSA) is 108 Å². The Balaban J connectivity index is 3.94. The second kappa shape index (κ2) is 85.8. The van der Waals surface area contributed by atoms with Crippen LogP contribution in [0.1, 0.15) is 438 Å². The summed E-state index contributed by atoms with van der Waals surface area (Å²) in [5, 5.41) is 9.80. The van der Waals surface area contributed by atoms with Crippen LogP contribution in [0.5, 0.6) is 0 Å². The monoisotopic (exact) mass is 1470 g/mol. The number of carbonyl (C=O) groups excluding carboxylic acids is 2. The Hall–Kier alpha value is -3.79. The van der Waals surface area contributed by atoms with Gasteiger partial charge in [-0.1, -0.05) is 445 Å². The molecule has 2 atom stereocenters. The molecule has 9 heteroatoms. The standard InChI is InChI=1S/C96H173NO8/c1-6-8-10-12-14-16-18-20-22-24-26-28-30-32-34-36-38-40-42-44-46-47-49-50-52-54-56-58-60-62-64-66-68-70-72-74-76-78-80-82-84-86-93(98)103-90-92(91-104-96(95(100)101)102-89-88-97(3,4)5)105-94(99)87-85-83-81-79-77-75-73-71-69-67-65-63-61-59-57-55-53-51-48-45-43-41-39-37-35-33-31-29-27-25-23-21-19-17-15-13-11-9-7-2/h9,11,15,17,21,23,27,29,33,35,39,41,45,48,53,55,92,96H,6-8,10,12-14,16,18-20,22,24-26,28,30-32,34,36-38,40,42-44,46-47,49-52,54,56-91H2,1-5H3/p+1/b11-9-,17-15-,23-21-,29-27-,35-33-,41-39-,48-45-,55-53-. The van der Waals surface area contributed by atoms with E-state index in [0.29, 0.717) is 17.4 Å². The number of aliphatic carboxylic acids is 1. The van der Waals surface area contributed by atoms with Crippen LogP contribution in [0.4, 0.5) is 0 Å². The fourth-order valence-electron chi connectivity index (χ4n) is 13.5. The molecule has 0 radical (unpaired) electrons. The first kappa shape index (κ1) is 101. The molecule has 0 bridgehead atoms. The summed E-state index contributed by atoms with van der Waals surface area (Å²) >= 11 is 0. The van der Waals surface area contributed by atoms with Crippen molar-refractivity contribution in [2.75, 3.05) is 47.5 Å². The minimum atomic E-state index is -1.51. The van der Waals surface area contributed by atoms with Gasteiger partial charge in [0.1, 0.15) is 13.2 Å². The number of hydrogen-bond donors (Lipinski definition) is 1. The van der Waals surface area contributed by atoms with Gasteiger partial charge in [-0.05, 0) is 77.0 Å². The molecule has 0 amide bonds. The largest absolute Gasteiger partial charge is 0.477 e. The van der Waals surface area contributed by atoms with Gasteiger partial charge in [-0.2, -0.15) is 0 Å². The van der Waals surface area contributed by atoms with E-state index in [1.165, 1.54) is 321 Å². The minimum absolute atomic E-state index is 0.180. The van der Waals surface area contributed by atoms with Crippen molar-refractivity contribution < 1.29 is 42.9 Å². The van der Waals surface area contributed by atoms with Gasteiger partial charge >= 0.3 is 17.9 Å². The van der Waals surface area contributed by atoms with Crippen LogP contribution in [0.25, 0.3) is 0 Å². The third-order valence-corrected chi connectivity index (χ3v) is 20.4. The number of hydrogen-bond acceptors (Lipinski definition) is 7. The zero-order valence-corrected chi connectivity index (χ0v) is 70.1. The molecular formula is C96H174NO8+. The van der Waals surface area contributed by atoms with Crippen molar-refractivity contribution >= 4 is 17.9 Å². The highest BCUT2D eigenvalue weighted by Gasteiger charge is 2.25. The van der Waals surface area contributed by atoms with Crippen molar-refractivity contribution in [2.45, 2.75) is 450 Å². The van der Waals surface area contributed by atoms with E-state index in [1.807, 2.05) is 21.1 Å². The normalized spacial score (nSPS) is 13.0. The van der Waals surface area contributed by atoms with Crippen molar-refractivity contribution in [1.29, 1.82) is 0 Å². The summed E-state index contributed by atoms with van der Waals surface area (Å²) in [6.07, 6.45) is 118. The number of ether oxygens (including phenoxy) is 4. The third kappa shape index (κ3) is 87.3. The lowest BCUT2D eigenvalue weighted by Crippen LogP contribution is -2.40. The van der Waals surface area contributed by atoms with E-state index >= 15 is 0 Å². The number of allylic oxidation sites excluding steroid dienone is 16. The summed E-state index contributed by atoms with van der Waals surface area (Å²) in [4.78, 5) is 37.8. The van der Waals surface area contributed by atoms with Crippen molar-refractivity contribution in [1.82, 2.24) is 0 Å². The average Bonchev–Trinajstić information content (AvgIpc) is 1.97. The van der Waals surface area contributed by atoms with E-state index in [1.54, 1.807) is 0 Å². The molecule has 0 rings (SSSR count). The van der Waals surface area contributed by atoms with Gasteiger partial charge < -0.3 is 28.5 Å². The molecule has 0 aromatic rings. The zero-order chi connectivity index (χ0) is 76.0. The quantitative estimate of drug-likeness (QED) is 0.0211. The van der Waals surface area contributed by atoms with Gasteiger partial charge in [-0.3, -0.25) is 9.59 Å². The van der Waals surface area contributed by atoms with Crippen LogP contribution >= 0.6 is 0 Å². The molecule has 0 aromatic heterocycles. The van der Waals surface area contributed by atoms with Crippen LogP contribution in [0, 0.1) is 0 Å². The summed E-state index contributed by atoms with van der Waals surface area (Å²) in [6, 6.07) is 0. The molecule has 0 aromatic carbocycles. The van der Waals surface area contributed by atoms with E-state index in [-0.39, 0.29) is 38.2 Å². The predicted molar refractivity (Wildman–Crippen MR) is 456 cm³/mol. The van der Waals surface area contributed by atoms with E-state index in [9.17, 15) is 19.5 Å². The highest BCUT2D eigenvalue weighted by atomic mass is 16.7. The first-order valence-electron chi connectivity index (χ1n) is 45.4. The Kier molecular flexibility index (Phi) is 82.7. The molecule has 0 aliphatic heterocycles. The molecule has 1 N–H and O–H groups in total. The smallest absolute Gasteiger partial charge is 0.361 e. The third-order valence-electron chi connectivity index (χ3n) is 20.4. The van der Waals surface area contributed by atoms with Gasteiger partial charge in [0.25, 0.3) is 6.29 Å². The van der Waals surface area contributed by atoms with E-state index in [0.717, 1.165) is 89.9 Å². The maximum atomic E-state index is 13.0. The fourth-order valence-corrected chi connectivity index (χ4v) is 13.5. The molecule has 0 aliphatic carbocycles. The van der Waals surface area contributed by atoms with Gasteiger partial charge in [-0.15, -0.1) is 0 Å². The SMILES string of the molecule is CC/C=C\C/C=C\C/C=C\C/C=C\C/C=C\C/C=C\C/C=C\C/C=C\CCCCCCCCCCCCCCCCC(=O)OC(COC(=O)CCCCCCCCCCCCCCCCCCCCCCCCCCCCCCCCCCCCCCCCCCC)COC(OCC[N+](C)(C)C)C(=O)O. The summed E-state index contributed by atoms with van der Waals surface area (Å²) in [6.45, 7) is 4.83. The van der Waals surface area contributed by atoms with Crippen molar-refractivity contribution in [3.63, 3.8) is 0 Å². The number of carbonyl (C=O) groups is 3. The van der Waals surface area contributed by atoms with Crippen LogP contribution in [0.15, 0.2) is 97.2 Å². The van der Waals surface area contributed by atoms with Crippen LogP contribution in [-0.4, -0.2) is 87.4 Å². The van der Waals surface area contributed by atoms with Gasteiger partial charge in [0, 0.05) is 12.8 Å². The van der Waals surface area contributed by atoms with E-state index in [4.69, 9.17) is 18.9 Å². The van der Waals surface area contributed by atoms with Crippen LogP contribution in [0.3, 0.4) is 0 Å². The highest BCUT2D eigenvalue weighted by molar-refractivity contribution is 5.71. The number of carboxylic acids is 1. The number of esters is 2. The molecule has 2 unspecified atom stereocenters. The molecule has 105 heavy (non-hydrogen) atoms. The van der Waals surface area contributed by atoms with E-state index < -0.39 is 18.4 Å². The first-order valence-corrected chi connectivity index (χ1v) is 45.4. The fraction of sp³-hybridized carbons (Fsp3) is 0.802. The van der Waals surface area contributed by atoms with Crippen molar-refractivity contribution in [3.05, 3.63) is 97.2 Å².